The van der Waals surface area contributed by atoms with E-state index in [0.717, 1.165) is 5.57 Å². The summed E-state index contributed by atoms with van der Waals surface area (Å²) >= 11 is 0. The fourth-order valence-electron chi connectivity index (χ4n) is 4.05. The molecule has 2 aliphatic heterocycles. The van der Waals surface area contributed by atoms with E-state index in [0.29, 0.717) is 40.4 Å². The fraction of sp³-hybridized carbons (Fsp3) is 0.346. The Hall–Kier alpha value is -3.41. The van der Waals surface area contributed by atoms with Gasteiger partial charge in [-0.15, -0.1) is 0 Å². The van der Waals surface area contributed by atoms with Crippen molar-refractivity contribution in [2.75, 3.05) is 13.7 Å². The lowest BCUT2D eigenvalue weighted by Gasteiger charge is -2.31. The predicted octanol–water partition coefficient (Wildman–Crippen LogP) is 5.16. The van der Waals surface area contributed by atoms with Crippen LogP contribution in [0, 0.1) is 0 Å². The molecular formula is C26H28O6. The molecule has 0 radical (unpaired) electrons. The average Bonchev–Trinajstić information content (AvgIpc) is 2.72. The quantitative estimate of drug-likeness (QED) is 0.644. The van der Waals surface area contributed by atoms with Crippen LogP contribution in [0.25, 0.3) is 6.08 Å². The highest BCUT2D eigenvalue weighted by molar-refractivity contribution is 6.08. The number of hydrogen-bond acceptors (Lipinski definition) is 6. The number of Topliss-reactive ketones (excluding diaryl/α,β-unsaturated/α-hetero) is 1. The molecule has 168 valence electrons. The van der Waals surface area contributed by atoms with E-state index in [1.165, 1.54) is 13.2 Å². The Bertz CT molecular complexity index is 1150. The van der Waals surface area contributed by atoms with Gasteiger partial charge in [0.15, 0.2) is 5.78 Å². The summed E-state index contributed by atoms with van der Waals surface area (Å²) < 4.78 is 17.3. The lowest BCUT2D eigenvalue weighted by molar-refractivity contribution is 0.0888. The molecule has 2 N–H and O–H groups in total. The van der Waals surface area contributed by atoms with E-state index in [1.54, 1.807) is 18.2 Å². The zero-order valence-electron chi connectivity index (χ0n) is 19.0. The molecule has 2 aliphatic rings. The Morgan fingerprint density at radius 1 is 1.22 bits per heavy atom. The van der Waals surface area contributed by atoms with Crippen LogP contribution in [0.5, 0.6) is 28.7 Å². The van der Waals surface area contributed by atoms with E-state index < -0.39 is 11.5 Å². The first-order valence-electron chi connectivity index (χ1n) is 10.6. The number of ether oxygens (including phenoxy) is 3. The standard InChI is InChI=1S/C26H28O6/c1-14(2)6-7-15-10-17(20(30-5)11-19(15)27)18-13-31-22-12-21-16(8-9-26(3,4)32-21)24(28)23(22)25(18)29/h6,8-12,18,27-28H,7,13H2,1-5H3. The Labute approximate surface area is 187 Å². The smallest absolute Gasteiger partial charge is 0.181 e. The van der Waals surface area contributed by atoms with Crippen molar-refractivity contribution in [3.63, 3.8) is 0 Å². The maximum Gasteiger partial charge on any atom is 0.181 e. The molecule has 0 aromatic heterocycles. The highest BCUT2D eigenvalue weighted by atomic mass is 16.5. The molecule has 6 heteroatoms. The Balaban J connectivity index is 1.77. The molecule has 0 fully saturated rings. The van der Waals surface area contributed by atoms with Gasteiger partial charge in [-0.1, -0.05) is 11.6 Å². The van der Waals surface area contributed by atoms with E-state index in [1.807, 2.05) is 39.8 Å². The van der Waals surface area contributed by atoms with Crippen molar-refractivity contribution in [1.29, 1.82) is 0 Å². The van der Waals surface area contributed by atoms with Crippen LogP contribution in [0.4, 0.5) is 0 Å². The molecule has 0 saturated heterocycles. The lowest BCUT2D eigenvalue weighted by Crippen LogP contribution is -2.29. The first kappa shape index (κ1) is 21.8. The monoisotopic (exact) mass is 436 g/mol. The molecule has 0 bridgehead atoms. The third kappa shape index (κ3) is 3.81. The van der Waals surface area contributed by atoms with Crippen LogP contribution in [0.2, 0.25) is 0 Å². The van der Waals surface area contributed by atoms with Crippen molar-refractivity contribution in [1.82, 2.24) is 0 Å². The Morgan fingerprint density at radius 3 is 2.66 bits per heavy atom. The minimum Gasteiger partial charge on any atom is -0.508 e. The first-order chi connectivity index (χ1) is 15.1. The van der Waals surface area contributed by atoms with Crippen molar-refractivity contribution in [2.45, 2.75) is 45.6 Å². The average molecular weight is 437 g/mol. The van der Waals surface area contributed by atoms with Gasteiger partial charge in [0.1, 0.15) is 46.5 Å². The molecule has 1 unspecified atom stereocenters. The summed E-state index contributed by atoms with van der Waals surface area (Å²) in [7, 11) is 1.49. The number of rotatable bonds is 4. The van der Waals surface area contributed by atoms with E-state index >= 15 is 0 Å². The van der Waals surface area contributed by atoms with Crippen LogP contribution in [0.3, 0.4) is 0 Å². The zero-order chi connectivity index (χ0) is 23.2. The molecule has 0 spiro atoms. The molecule has 0 amide bonds. The van der Waals surface area contributed by atoms with Gasteiger partial charge >= 0.3 is 0 Å². The van der Waals surface area contributed by atoms with Crippen LogP contribution >= 0.6 is 0 Å². The summed E-state index contributed by atoms with van der Waals surface area (Å²) in [6.45, 7) is 7.88. The van der Waals surface area contributed by atoms with Crippen LogP contribution in [-0.4, -0.2) is 35.3 Å². The third-order valence-corrected chi connectivity index (χ3v) is 5.80. The lowest BCUT2D eigenvalue weighted by atomic mass is 9.85. The minimum atomic E-state index is -0.683. The molecule has 32 heavy (non-hydrogen) atoms. The molecule has 2 aromatic carbocycles. The van der Waals surface area contributed by atoms with Gasteiger partial charge in [0.05, 0.1) is 18.6 Å². The van der Waals surface area contributed by atoms with Gasteiger partial charge in [0.25, 0.3) is 0 Å². The van der Waals surface area contributed by atoms with Gasteiger partial charge in [-0.2, -0.15) is 0 Å². The van der Waals surface area contributed by atoms with E-state index in [4.69, 9.17) is 14.2 Å². The summed E-state index contributed by atoms with van der Waals surface area (Å²) in [6, 6.07) is 4.97. The highest BCUT2D eigenvalue weighted by Gasteiger charge is 2.37. The normalized spacial score (nSPS) is 18.2. The zero-order valence-corrected chi connectivity index (χ0v) is 19.0. The van der Waals surface area contributed by atoms with Crippen molar-refractivity contribution in [2.24, 2.45) is 0 Å². The fourth-order valence-corrected chi connectivity index (χ4v) is 4.05. The number of ketones is 1. The van der Waals surface area contributed by atoms with Crippen LogP contribution in [0.1, 0.15) is 60.7 Å². The second kappa shape index (κ2) is 7.93. The molecular weight excluding hydrogens is 408 g/mol. The molecule has 1 atom stereocenters. The third-order valence-electron chi connectivity index (χ3n) is 5.80. The maximum absolute atomic E-state index is 13.5. The first-order valence-corrected chi connectivity index (χ1v) is 10.6. The van der Waals surface area contributed by atoms with Crippen molar-refractivity contribution in [3.8, 4) is 28.7 Å². The second-order valence-corrected chi connectivity index (χ2v) is 8.99. The van der Waals surface area contributed by atoms with Gasteiger partial charge in [-0.3, -0.25) is 4.79 Å². The largest absolute Gasteiger partial charge is 0.508 e. The number of hydrogen-bond donors (Lipinski definition) is 2. The molecule has 6 nitrogen and oxygen atoms in total. The van der Waals surface area contributed by atoms with E-state index in [9.17, 15) is 15.0 Å². The summed E-state index contributed by atoms with van der Waals surface area (Å²) in [6.07, 6.45) is 6.14. The number of aromatic hydroxyl groups is 2. The van der Waals surface area contributed by atoms with Gasteiger partial charge < -0.3 is 24.4 Å². The van der Waals surface area contributed by atoms with Crippen LogP contribution < -0.4 is 14.2 Å². The number of carbonyl (C=O) groups is 1. The highest BCUT2D eigenvalue weighted by Crippen LogP contribution is 2.48. The number of methoxy groups -OCH3 is 1. The SMILES string of the molecule is COc1cc(O)c(CC=C(C)C)cc1C1COc2cc3c(c(O)c2C1=O)C=CC(C)(C)O3. The summed E-state index contributed by atoms with van der Waals surface area (Å²) in [5.74, 6) is 0.189. The minimum absolute atomic E-state index is 0.0898. The van der Waals surface area contributed by atoms with Crippen molar-refractivity contribution in [3.05, 3.63) is 58.2 Å². The summed E-state index contributed by atoms with van der Waals surface area (Å²) in [5, 5.41) is 21.4. The molecule has 0 saturated carbocycles. The molecule has 0 aliphatic carbocycles. The van der Waals surface area contributed by atoms with Crippen molar-refractivity contribution < 1.29 is 29.2 Å². The van der Waals surface area contributed by atoms with E-state index in [-0.39, 0.29) is 29.5 Å². The maximum atomic E-state index is 13.5. The van der Waals surface area contributed by atoms with Gasteiger partial charge in [-0.25, -0.2) is 0 Å². The Morgan fingerprint density at radius 2 is 1.97 bits per heavy atom. The molecule has 2 aromatic rings. The summed E-state index contributed by atoms with van der Waals surface area (Å²) in [5.41, 5.74) is 2.50. The number of fused-ring (bicyclic) bond motifs is 2. The number of carbonyl (C=O) groups excluding carboxylic acids is 1. The number of allylic oxidation sites excluding steroid dienone is 2. The van der Waals surface area contributed by atoms with Gasteiger partial charge in [0, 0.05) is 17.7 Å². The second-order valence-electron chi connectivity index (χ2n) is 8.99. The Kier molecular flexibility index (Phi) is 5.41. The molecule has 4 rings (SSSR count). The number of phenolic OH excluding ortho intramolecular Hbond substituents is 2. The van der Waals surface area contributed by atoms with E-state index in [2.05, 4.69) is 0 Å². The van der Waals surface area contributed by atoms with Gasteiger partial charge in [-0.05, 0) is 57.9 Å². The topological polar surface area (TPSA) is 85.2 Å². The van der Waals surface area contributed by atoms with Crippen LogP contribution in [0.15, 0.2) is 35.9 Å². The van der Waals surface area contributed by atoms with Crippen LogP contribution in [-0.2, 0) is 6.42 Å². The number of benzene rings is 2. The van der Waals surface area contributed by atoms with Gasteiger partial charge in [0.2, 0.25) is 0 Å². The summed E-state index contributed by atoms with van der Waals surface area (Å²) in [4.78, 5) is 13.5. The number of phenols is 2. The predicted molar refractivity (Wildman–Crippen MR) is 122 cm³/mol. The molecule has 2 heterocycles. The van der Waals surface area contributed by atoms with Crippen molar-refractivity contribution >= 4 is 11.9 Å².